The van der Waals surface area contributed by atoms with Crippen molar-refractivity contribution < 1.29 is 31.5 Å². The van der Waals surface area contributed by atoms with Crippen LogP contribution in [0.1, 0.15) is 27.7 Å². The van der Waals surface area contributed by atoms with Gasteiger partial charge in [-0.1, -0.05) is 6.07 Å². The maximum atomic E-state index is 14.3. The molecule has 6 nitrogen and oxygen atoms in total. The Hall–Kier alpha value is -3.76. The molecule has 1 atom stereocenters. The molecular weight excluding hydrogens is 413 g/mol. The molecule has 0 aliphatic rings. The van der Waals surface area contributed by atoms with Crippen molar-refractivity contribution in [1.82, 2.24) is 15.3 Å². The molecule has 1 aromatic carbocycles. The highest BCUT2D eigenvalue weighted by molar-refractivity contribution is 5.94. The zero-order valence-electron chi connectivity index (χ0n) is 14.8. The Bertz CT molecular complexity index is 1110. The molecule has 0 fully saturated rings. The Labute approximate surface area is 165 Å². The number of benzene rings is 1. The van der Waals surface area contributed by atoms with E-state index >= 15 is 0 Å². The molecule has 11 heteroatoms. The normalized spacial score (nSPS) is 12.3. The third kappa shape index (κ3) is 4.99. The van der Waals surface area contributed by atoms with Crippen LogP contribution in [0.3, 0.4) is 0 Å². The Morgan fingerprint density at radius 3 is 2.47 bits per heavy atom. The Morgan fingerprint density at radius 1 is 1.10 bits per heavy atom. The predicted octanol–water partition coefficient (Wildman–Crippen LogP) is 3.47. The minimum absolute atomic E-state index is 0.00781. The first-order chi connectivity index (χ1) is 14.1. The van der Waals surface area contributed by atoms with Gasteiger partial charge >= 0.3 is 6.36 Å². The monoisotopic (exact) mass is 425 g/mol. The molecule has 3 rings (SSSR count). The van der Waals surface area contributed by atoms with Crippen LogP contribution in [0.5, 0.6) is 5.75 Å². The summed E-state index contributed by atoms with van der Waals surface area (Å²) in [4.78, 5) is 29.8. The molecule has 2 aromatic heterocycles. The van der Waals surface area contributed by atoms with E-state index in [2.05, 4.69) is 20.0 Å². The fraction of sp³-hybridized carbons (Fsp3) is 0.105. The van der Waals surface area contributed by atoms with Gasteiger partial charge in [0.25, 0.3) is 5.91 Å². The van der Waals surface area contributed by atoms with Crippen molar-refractivity contribution in [3.05, 3.63) is 93.7 Å². The van der Waals surface area contributed by atoms with Crippen LogP contribution in [-0.2, 0) is 0 Å². The van der Waals surface area contributed by atoms with Gasteiger partial charge in [-0.3, -0.25) is 14.6 Å². The number of halogens is 5. The minimum Gasteiger partial charge on any atom is -0.403 e. The van der Waals surface area contributed by atoms with Crippen molar-refractivity contribution in [1.29, 1.82) is 0 Å². The van der Waals surface area contributed by atoms with Crippen LogP contribution in [0.4, 0.5) is 22.0 Å². The molecule has 2 heterocycles. The van der Waals surface area contributed by atoms with E-state index in [0.29, 0.717) is 12.1 Å². The van der Waals surface area contributed by atoms with Crippen molar-refractivity contribution in [2.45, 2.75) is 12.4 Å². The summed E-state index contributed by atoms with van der Waals surface area (Å²) in [5.74, 6) is -4.06. The number of carbonyl (C=O) groups excluding carboxylic acids is 1. The molecule has 0 saturated heterocycles. The SMILES string of the molecule is O=C(N[C@@H](c1ccc(OC(F)(F)F)c(F)c1)c1ncccc1F)c1ccc(=O)[nH]c1. The molecule has 0 bridgehead atoms. The van der Waals surface area contributed by atoms with Crippen LogP contribution in [0.2, 0.25) is 0 Å². The molecule has 0 radical (unpaired) electrons. The maximum Gasteiger partial charge on any atom is 0.573 e. The van der Waals surface area contributed by atoms with E-state index in [1.54, 1.807) is 0 Å². The fourth-order valence-electron chi connectivity index (χ4n) is 2.59. The van der Waals surface area contributed by atoms with Gasteiger partial charge in [0.05, 0.1) is 11.6 Å². The molecule has 0 aliphatic heterocycles. The van der Waals surface area contributed by atoms with Crippen LogP contribution in [0, 0.1) is 11.6 Å². The number of hydrogen-bond donors (Lipinski definition) is 2. The molecule has 0 unspecified atom stereocenters. The molecule has 0 aliphatic carbocycles. The van der Waals surface area contributed by atoms with E-state index in [9.17, 15) is 31.5 Å². The number of aromatic nitrogens is 2. The number of rotatable bonds is 5. The smallest absolute Gasteiger partial charge is 0.403 e. The average Bonchev–Trinajstić information content (AvgIpc) is 2.68. The van der Waals surface area contributed by atoms with E-state index in [1.807, 2.05) is 0 Å². The molecule has 0 saturated carbocycles. The summed E-state index contributed by atoms with van der Waals surface area (Å²) in [5, 5.41) is 2.43. The van der Waals surface area contributed by atoms with E-state index in [1.165, 1.54) is 18.3 Å². The summed E-state index contributed by atoms with van der Waals surface area (Å²) in [6.07, 6.45) is -2.76. The van der Waals surface area contributed by atoms with E-state index < -0.39 is 41.3 Å². The summed E-state index contributed by atoms with van der Waals surface area (Å²) >= 11 is 0. The first-order valence-electron chi connectivity index (χ1n) is 8.29. The largest absolute Gasteiger partial charge is 0.573 e. The number of nitrogens with zero attached hydrogens (tertiary/aromatic N) is 1. The number of amides is 1. The van der Waals surface area contributed by atoms with Gasteiger partial charge in [-0.15, -0.1) is 13.2 Å². The summed E-state index contributed by atoms with van der Waals surface area (Å²) in [6.45, 7) is 0. The van der Waals surface area contributed by atoms with Crippen LogP contribution in [0.15, 0.2) is 59.7 Å². The maximum absolute atomic E-state index is 14.3. The van der Waals surface area contributed by atoms with Gasteiger partial charge in [-0.05, 0) is 35.9 Å². The number of H-pyrrole nitrogens is 1. The van der Waals surface area contributed by atoms with Gasteiger partial charge in [0, 0.05) is 18.5 Å². The second-order valence-corrected chi connectivity index (χ2v) is 5.96. The Kier molecular flexibility index (Phi) is 5.81. The third-order valence-corrected chi connectivity index (χ3v) is 3.90. The summed E-state index contributed by atoms with van der Waals surface area (Å²) in [5.41, 5.74) is -0.828. The van der Waals surface area contributed by atoms with Crippen molar-refractivity contribution in [3.8, 4) is 5.75 Å². The van der Waals surface area contributed by atoms with E-state index in [-0.39, 0.29) is 16.8 Å². The zero-order chi connectivity index (χ0) is 21.9. The standard InChI is InChI=1S/C19H12F5N3O3/c20-12-2-1-7-25-17(12)16(27-18(29)11-4-6-15(28)26-9-11)10-3-5-14(13(21)8-10)30-19(22,23)24/h1-9,16H,(H,26,28)(H,27,29)/t16-/m0/s1. The summed E-state index contributed by atoms with van der Waals surface area (Å²) in [6, 6.07) is 5.72. The number of alkyl halides is 3. The highest BCUT2D eigenvalue weighted by Gasteiger charge is 2.33. The van der Waals surface area contributed by atoms with Gasteiger partial charge in [0.1, 0.15) is 11.5 Å². The van der Waals surface area contributed by atoms with Gasteiger partial charge < -0.3 is 15.0 Å². The molecule has 0 spiro atoms. The number of aromatic amines is 1. The fourth-order valence-corrected chi connectivity index (χ4v) is 2.59. The van der Waals surface area contributed by atoms with Crippen LogP contribution in [0.25, 0.3) is 0 Å². The minimum atomic E-state index is -5.10. The molecule has 2 N–H and O–H groups in total. The number of carbonyl (C=O) groups is 1. The first kappa shape index (κ1) is 21.0. The summed E-state index contributed by atoms with van der Waals surface area (Å²) < 4.78 is 69.1. The van der Waals surface area contributed by atoms with Gasteiger partial charge in [0.2, 0.25) is 5.56 Å². The highest BCUT2D eigenvalue weighted by Crippen LogP contribution is 2.30. The predicted molar refractivity (Wildman–Crippen MR) is 93.6 cm³/mol. The molecule has 1 amide bonds. The van der Waals surface area contributed by atoms with Gasteiger partial charge in [-0.25, -0.2) is 8.78 Å². The topological polar surface area (TPSA) is 84.1 Å². The molecule has 3 aromatic rings. The van der Waals surface area contributed by atoms with E-state index in [4.69, 9.17) is 0 Å². The van der Waals surface area contributed by atoms with Crippen LogP contribution >= 0.6 is 0 Å². The second kappa shape index (κ2) is 8.31. The lowest BCUT2D eigenvalue weighted by atomic mass is 10.0. The second-order valence-electron chi connectivity index (χ2n) is 5.96. The Morgan fingerprint density at radius 2 is 1.87 bits per heavy atom. The van der Waals surface area contributed by atoms with Crippen molar-refractivity contribution >= 4 is 5.91 Å². The number of hydrogen-bond acceptors (Lipinski definition) is 4. The molecule has 156 valence electrons. The van der Waals surface area contributed by atoms with Crippen molar-refractivity contribution in [3.63, 3.8) is 0 Å². The van der Waals surface area contributed by atoms with Crippen molar-refractivity contribution in [2.24, 2.45) is 0 Å². The molecular formula is C19H12F5N3O3. The lowest BCUT2D eigenvalue weighted by Crippen LogP contribution is -2.31. The van der Waals surface area contributed by atoms with Crippen molar-refractivity contribution in [2.75, 3.05) is 0 Å². The van der Waals surface area contributed by atoms with Gasteiger partial charge in [-0.2, -0.15) is 0 Å². The lowest BCUT2D eigenvalue weighted by Gasteiger charge is -2.20. The number of nitrogens with one attached hydrogen (secondary N) is 2. The molecule has 30 heavy (non-hydrogen) atoms. The lowest BCUT2D eigenvalue weighted by molar-refractivity contribution is -0.275. The summed E-state index contributed by atoms with van der Waals surface area (Å²) in [7, 11) is 0. The first-order valence-corrected chi connectivity index (χ1v) is 8.29. The number of pyridine rings is 2. The number of ether oxygens (including phenoxy) is 1. The van der Waals surface area contributed by atoms with E-state index in [0.717, 1.165) is 24.4 Å². The van der Waals surface area contributed by atoms with Gasteiger partial charge in [0.15, 0.2) is 11.6 Å². The quantitative estimate of drug-likeness (QED) is 0.614. The van der Waals surface area contributed by atoms with Crippen LogP contribution < -0.4 is 15.6 Å². The van der Waals surface area contributed by atoms with Crippen LogP contribution in [-0.4, -0.2) is 22.2 Å². The highest BCUT2D eigenvalue weighted by atomic mass is 19.4. The average molecular weight is 425 g/mol. The third-order valence-electron chi connectivity index (χ3n) is 3.90. The Balaban J connectivity index is 1.99. The zero-order valence-corrected chi connectivity index (χ0v) is 14.8.